The topological polar surface area (TPSA) is 66.3 Å². The zero-order valence-electron chi connectivity index (χ0n) is 14.9. The Morgan fingerprint density at radius 2 is 1.81 bits per heavy atom. The molecule has 0 amide bonds. The first-order valence-electron chi connectivity index (χ1n) is 7.95. The molecule has 144 valence electrons. The third-order valence-electron chi connectivity index (χ3n) is 3.79. The van der Waals surface area contributed by atoms with Gasteiger partial charge in [-0.15, -0.1) is 11.3 Å². The molecule has 0 atom stereocenters. The molecule has 1 aromatic carbocycles. The summed E-state index contributed by atoms with van der Waals surface area (Å²) in [5.74, 6) is -1.75. The first-order chi connectivity index (χ1) is 12.6. The van der Waals surface area contributed by atoms with E-state index in [-0.39, 0.29) is 0 Å². The number of rotatable bonds is 3. The van der Waals surface area contributed by atoms with Gasteiger partial charge in [-0.25, -0.2) is 14.8 Å². The van der Waals surface area contributed by atoms with Crippen LogP contribution in [0.1, 0.15) is 12.5 Å². The van der Waals surface area contributed by atoms with E-state index in [0.717, 1.165) is 22.6 Å². The number of carboxylic acid groups (broad SMARTS) is 1. The summed E-state index contributed by atoms with van der Waals surface area (Å²) in [7, 11) is 2.07. The van der Waals surface area contributed by atoms with Crippen LogP contribution in [0.25, 0.3) is 21.3 Å². The van der Waals surface area contributed by atoms with Crippen molar-refractivity contribution in [3.8, 4) is 11.1 Å². The lowest BCUT2D eigenvalue weighted by molar-refractivity contribution is -0.192. The number of halogens is 3. The van der Waals surface area contributed by atoms with E-state index >= 15 is 0 Å². The Kier molecular flexibility index (Phi) is 6.37. The molecule has 2 aromatic heterocycles. The lowest BCUT2D eigenvalue weighted by Gasteiger charge is -2.17. The fourth-order valence-corrected chi connectivity index (χ4v) is 3.15. The van der Waals surface area contributed by atoms with Crippen molar-refractivity contribution in [1.82, 2.24) is 9.97 Å². The van der Waals surface area contributed by atoms with Crippen LogP contribution < -0.4 is 4.90 Å². The predicted molar refractivity (Wildman–Crippen MR) is 100 cm³/mol. The summed E-state index contributed by atoms with van der Waals surface area (Å²) in [6.45, 7) is 5.16. The molecule has 5 nitrogen and oxygen atoms in total. The van der Waals surface area contributed by atoms with E-state index in [1.165, 1.54) is 16.7 Å². The number of carboxylic acids is 1. The summed E-state index contributed by atoms with van der Waals surface area (Å²) in [4.78, 5) is 21.0. The van der Waals surface area contributed by atoms with Crippen LogP contribution >= 0.6 is 11.3 Å². The summed E-state index contributed by atoms with van der Waals surface area (Å²) >= 11 is 1.68. The van der Waals surface area contributed by atoms with Crippen molar-refractivity contribution < 1.29 is 23.1 Å². The Hall–Kier alpha value is -2.68. The number of hydrogen-bond donors (Lipinski definition) is 1. The molecule has 3 rings (SSSR count). The summed E-state index contributed by atoms with van der Waals surface area (Å²) in [5.41, 5.74) is 3.72. The quantitative estimate of drug-likeness (QED) is 0.691. The first-order valence-corrected chi connectivity index (χ1v) is 8.83. The van der Waals surface area contributed by atoms with Crippen molar-refractivity contribution in [2.75, 3.05) is 18.5 Å². The molecule has 0 spiro atoms. The number of benzene rings is 1. The largest absolute Gasteiger partial charge is 0.490 e. The highest BCUT2D eigenvalue weighted by Crippen LogP contribution is 2.37. The zero-order chi connectivity index (χ0) is 20.2. The molecule has 0 unspecified atom stereocenters. The molecule has 0 saturated carbocycles. The van der Waals surface area contributed by atoms with Crippen molar-refractivity contribution in [3.05, 3.63) is 41.5 Å². The number of aryl methyl sites for hydroxylation is 1. The van der Waals surface area contributed by atoms with Crippen molar-refractivity contribution in [3.63, 3.8) is 0 Å². The number of alkyl halides is 3. The molecule has 0 aliphatic carbocycles. The predicted octanol–water partition coefficient (Wildman–Crippen LogP) is 4.76. The monoisotopic (exact) mass is 397 g/mol. The third kappa shape index (κ3) is 4.94. The lowest BCUT2D eigenvalue weighted by Crippen LogP contribution is -2.21. The van der Waals surface area contributed by atoms with Crippen LogP contribution in [-0.2, 0) is 4.79 Å². The van der Waals surface area contributed by atoms with Crippen LogP contribution in [0.4, 0.5) is 19.0 Å². The summed E-state index contributed by atoms with van der Waals surface area (Å²) < 4.78 is 31.7. The Morgan fingerprint density at radius 1 is 1.22 bits per heavy atom. The second-order valence-electron chi connectivity index (χ2n) is 5.71. The highest BCUT2D eigenvalue weighted by Gasteiger charge is 2.38. The van der Waals surface area contributed by atoms with Gasteiger partial charge in [-0.3, -0.25) is 0 Å². The Morgan fingerprint density at radius 3 is 2.33 bits per heavy atom. The number of aromatic nitrogens is 2. The molecule has 0 saturated heterocycles. The van der Waals surface area contributed by atoms with E-state index in [9.17, 15) is 13.2 Å². The van der Waals surface area contributed by atoms with Crippen LogP contribution in [0, 0.1) is 6.92 Å². The van der Waals surface area contributed by atoms with Gasteiger partial charge in [0.05, 0.1) is 5.39 Å². The number of nitrogens with zero attached hydrogens (tertiary/aromatic N) is 3. The maximum absolute atomic E-state index is 10.6. The van der Waals surface area contributed by atoms with Gasteiger partial charge in [0.15, 0.2) is 0 Å². The van der Waals surface area contributed by atoms with Gasteiger partial charge in [-0.05, 0) is 19.4 Å². The summed E-state index contributed by atoms with van der Waals surface area (Å²) in [6, 6.07) is 8.62. The van der Waals surface area contributed by atoms with Gasteiger partial charge in [0.1, 0.15) is 17.0 Å². The van der Waals surface area contributed by atoms with Gasteiger partial charge in [0, 0.05) is 24.5 Å². The molecule has 0 bridgehead atoms. The maximum atomic E-state index is 10.6. The average molecular weight is 397 g/mol. The van der Waals surface area contributed by atoms with E-state index in [0.29, 0.717) is 0 Å². The van der Waals surface area contributed by atoms with Gasteiger partial charge in [-0.2, -0.15) is 13.2 Å². The smallest absolute Gasteiger partial charge is 0.475 e. The summed E-state index contributed by atoms with van der Waals surface area (Å²) in [6.07, 6.45) is -3.43. The number of aliphatic carboxylic acids is 1. The van der Waals surface area contributed by atoms with Crippen molar-refractivity contribution in [2.24, 2.45) is 0 Å². The molecule has 1 N–H and O–H groups in total. The second-order valence-corrected chi connectivity index (χ2v) is 6.57. The Bertz CT molecular complexity index is 924. The Balaban J connectivity index is 0.000000321. The fourth-order valence-electron chi connectivity index (χ4n) is 2.24. The van der Waals surface area contributed by atoms with Crippen molar-refractivity contribution in [2.45, 2.75) is 20.0 Å². The van der Waals surface area contributed by atoms with Gasteiger partial charge >= 0.3 is 12.1 Å². The molecule has 2 heterocycles. The average Bonchev–Trinajstić information content (AvgIpc) is 3.05. The minimum absolute atomic E-state index is 0.926. The molecule has 9 heteroatoms. The van der Waals surface area contributed by atoms with Crippen LogP contribution in [-0.4, -0.2) is 40.8 Å². The van der Waals surface area contributed by atoms with Gasteiger partial charge in [-0.1, -0.05) is 29.8 Å². The lowest BCUT2D eigenvalue weighted by atomic mass is 10.0. The number of thiophene rings is 1. The number of carbonyl (C=O) groups is 1. The first kappa shape index (κ1) is 20.6. The second kappa shape index (κ2) is 8.34. The Labute approximate surface area is 158 Å². The third-order valence-corrected chi connectivity index (χ3v) is 4.68. The number of hydrogen-bond acceptors (Lipinski definition) is 5. The minimum atomic E-state index is -5.08. The molecule has 0 fully saturated rings. The molecular weight excluding hydrogens is 379 g/mol. The van der Waals surface area contributed by atoms with Crippen LogP contribution in [0.2, 0.25) is 0 Å². The number of fused-ring (bicyclic) bond motifs is 1. The number of anilines is 1. The van der Waals surface area contributed by atoms with Gasteiger partial charge in [0.25, 0.3) is 0 Å². The van der Waals surface area contributed by atoms with Gasteiger partial charge in [0.2, 0.25) is 0 Å². The molecule has 27 heavy (non-hydrogen) atoms. The zero-order valence-corrected chi connectivity index (χ0v) is 15.7. The fraction of sp³-hybridized carbons (Fsp3) is 0.278. The molecule has 0 radical (unpaired) electrons. The normalized spacial score (nSPS) is 11.0. The highest BCUT2D eigenvalue weighted by atomic mass is 32.1. The maximum Gasteiger partial charge on any atom is 0.490 e. The van der Waals surface area contributed by atoms with E-state index in [4.69, 9.17) is 9.90 Å². The van der Waals surface area contributed by atoms with Crippen LogP contribution in [0.3, 0.4) is 0 Å². The minimum Gasteiger partial charge on any atom is -0.475 e. The molecule has 0 aliphatic heterocycles. The van der Waals surface area contributed by atoms with Crippen LogP contribution in [0.15, 0.2) is 36.0 Å². The molecule has 3 aromatic rings. The standard InChI is InChI=1S/C16H17N3S.C2HF3O2/c1-4-19(3)15-14-13(9-20-16(14)18-10-17-15)12-7-5-11(2)6-8-12;3-2(4,5)1(6)7/h5-10H,4H2,1-3H3;(H,6,7). The SMILES string of the molecule is CCN(C)c1ncnc2scc(-c3ccc(C)cc3)c12.O=C(O)C(F)(F)F. The van der Waals surface area contributed by atoms with E-state index in [1.54, 1.807) is 17.7 Å². The van der Waals surface area contributed by atoms with Crippen molar-refractivity contribution in [1.29, 1.82) is 0 Å². The highest BCUT2D eigenvalue weighted by molar-refractivity contribution is 7.17. The van der Waals surface area contributed by atoms with Crippen LogP contribution in [0.5, 0.6) is 0 Å². The van der Waals surface area contributed by atoms with Crippen molar-refractivity contribution >= 4 is 33.3 Å². The van der Waals surface area contributed by atoms with E-state index in [2.05, 4.69) is 65.4 Å². The summed E-state index contributed by atoms with van der Waals surface area (Å²) in [5, 5.41) is 10.5. The van der Waals surface area contributed by atoms with E-state index in [1.807, 2.05) is 0 Å². The van der Waals surface area contributed by atoms with Gasteiger partial charge < -0.3 is 10.0 Å². The molecule has 0 aliphatic rings. The molecular formula is C18H18F3N3O2S. The van der Waals surface area contributed by atoms with E-state index < -0.39 is 12.1 Å².